The molecular weight excluding hydrogens is 385 g/mol. The van der Waals surface area contributed by atoms with E-state index in [1.165, 1.54) is 6.07 Å². The number of hydrogen-bond acceptors (Lipinski definition) is 4. The van der Waals surface area contributed by atoms with Crippen LogP contribution in [0.25, 0.3) is 5.69 Å². The Morgan fingerprint density at radius 2 is 2.17 bits per heavy atom. The molecule has 1 aromatic carbocycles. The van der Waals surface area contributed by atoms with Crippen LogP contribution in [0.2, 0.25) is 0 Å². The first-order chi connectivity index (χ1) is 14.5. The zero-order valence-electron chi connectivity index (χ0n) is 17.3. The van der Waals surface area contributed by atoms with Gasteiger partial charge in [0.15, 0.2) is 0 Å². The minimum absolute atomic E-state index is 0.0618. The fourth-order valence-corrected chi connectivity index (χ4v) is 4.21. The van der Waals surface area contributed by atoms with E-state index in [2.05, 4.69) is 16.5 Å². The van der Waals surface area contributed by atoms with Crippen LogP contribution in [-0.2, 0) is 4.74 Å². The van der Waals surface area contributed by atoms with Gasteiger partial charge in [0.25, 0.3) is 0 Å². The molecule has 7 nitrogen and oxygen atoms in total. The summed E-state index contributed by atoms with van der Waals surface area (Å²) in [6.45, 7) is 5.56. The van der Waals surface area contributed by atoms with Crippen LogP contribution in [0.5, 0.6) is 0 Å². The fourth-order valence-electron chi connectivity index (χ4n) is 4.21. The Balaban J connectivity index is 1.58. The Bertz CT molecular complexity index is 992. The minimum atomic E-state index is -0.351. The monoisotopic (exact) mass is 411 g/mol. The van der Waals surface area contributed by atoms with E-state index in [4.69, 9.17) is 10.00 Å². The highest BCUT2D eigenvalue weighted by Crippen LogP contribution is 2.48. The molecule has 2 heterocycles. The summed E-state index contributed by atoms with van der Waals surface area (Å²) in [5, 5.41) is 16.6. The second kappa shape index (κ2) is 8.07. The molecule has 4 rings (SSSR count). The number of benzene rings is 1. The first kappa shape index (κ1) is 20.4. The first-order valence-corrected chi connectivity index (χ1v) is 10.3. The van der Waals surface area contributed by atoms with Gasteiger partial charge in [-0.05, 0) is 38.8 Å². The molecule has 0 bridgehead atoms. The number of carbonyl (C=O) groups is 1. The summed E-state index contributed by atoms with van der Waals surface area (Å²) in [6.07, 6.45) is 2.41. The molecule has 2 aromatic rings. The third kappa shape index (κ3) is 3.77. The Hall–Kier alpha value is -2.92. The summed E-state index contributed by atoms with van der Waals surface area (Å²) in [4.78, 5) is 14.8. The van der Waals surface area contributed by atoms with Gasteiger partial charge in [-0.2, -0.15) is 10.4 Å². The minimum Gasteiger partial charge on any atom is -0.377 e. The standard InChI is InChI=1S/C22H26FN5O2/c1-15-20(16(2)28(26-15)18-6-4-3-5-17(18)23)19-13-30-12-11-27(19)21(29)25-14-22(7-8-22)9-10-24/h3-6,19H,7-9,11-14H2,1-2H3,(H,25,29). The topological polar surface area (TPSA) is 83.2 Å². The van der Waals surface area contributed by atoms with Gasteiger partial charge in [-0.15, -0.1) is 0 Å². The number of ether oxygens (including phenoxy) is 1. The van der Waals surface area contributed by atoms with Crippen LogP contribution in [0.3, 0.4) is 0 Å². The number of carbonyl (C=O) groups excluding carboxylic acids is 1. The highest BCUT2D eigenvalue weighted by Gasteiger charge is 2.43. The summed E-state index contributed by atoms with van der Waals surface area (Å²) >= 11 is 0. The number of aromatic nitrogens is 2. The van der Waals surface area contributed by atoms with Gasteiger partial charge >= 0.3 is 6.03 Å². The Labute approximate surface area is 175 Å². The average molecular weight is 411 g/mol. The summed E-state index contributed by atoms with van der Waals surface area (Å²) in [6, 6.07) is 8.26. The molecule has 1 N–H and O–H groups in total. The SMILES string of the molecule is Cc1nn(-c2ccccc2F)c(C)c1C1COCCN1C(=O)NCC1(CC#N)CC1. The Kier molecular flexibility index (Phi) is 5.48. The van der Waals surface area contributed by atoms with Crippen molar-refractivity contribution in [2.45, 2.75) is 39.2 Å². The molecule has 2 aliphatic rings. The number of nitrogens with one attached hydrogen (secondary N) is 1. The van der Waals surface area contributed by atoms with Gasteiger partial charge in [0.1, 0.15) is 11.5 Å². The lowest BCUT2D eigenvalue weighted by Gasteiger charge is -2.36. The number of aryl methyl sites for hydroxylation is 1. The first-order valence-electron chi connectivity index (χ1n) is 10.3. The van der Waals surface area contributed by atoms with Gasteiger partial charge in [0, 0.05) is 36.2 Å². The van der Waals surface area contributed by atoms with Crippen LogP contribution in [0.15, 0.2) is 24.3 Å². The number of nitriles is 1. The molecule has 1 saturated heterocycles. The van der Waals surface area contributed by atoms with Crippen LogP contribution < -0.4 is 5.32 Å². The lowest BCUT2D eigenvalue weighted by Crippen LogP contribution is -2.49. The maximum absolute atomic E-state index is 14.3. The number of hydrogen-bond donors (Lipinski definition) is 1. The highest BCUT2D eigenvalue weighted by molar-refractivity contribution is 5.75. The highest BCUT2D eigenvalue weighted by atomic mass is 19.1. The predicted molar refractivity (Wildman–Crippen MR) is 109 cm³/mol. The quantitative estimate of drug-likeness (QED) is 0.817. The van der Waals surface area contributed by atoms with Crippen molar-refractivity contribution in [3.8, 4) is 11.8 Å². The van der Waals surface area contributed by atoms with Gasteiger partial charge in [-0.25, -0.2) is 13.9 Å². The number of rotatable bonds is 5. The zero-order valence-corrected chi connectivity index (χ0v) is 17.3. The normalized spacial score (nSPS) is 19.9. The van der Waals surface area contributed by atoms with E-state index in [-0.39, 0.29) is 23.3 Å². The van der Waals surface area contributed by atoms with Crippen molar-refractivity contribution < 1.29 is 13.9 Å². The molecular formula is C22H26FN5O2. The van der Waals surface area contributed by atoms with Gasteiger partial charge in [-0.1, -0.05) is 12.1 Å². The van der Waals surface area contributed by atoms with Crippen molar-refractivity contribution in [2.24, 2.45) is 5.41 Å². The molecule has 158 valence electrons. The van der Waals surface area contributed by atoms with Crippen LogP contribution in [-0.4, -0.2) is 47.0 Å². The van der Waals surface area contributed by atoms with Crippen molar-refractivity contribution in [3.05, 3.63) is 47.0 Å². The van der Waals surface area contributed by atoms with Gasteiger partial charge in [0.05, 0.1) is 31.0 Å². The largest absolute Gasteiger partial charge is 0.377 e. The molecule has 1 aromatic heterocycles. The number of para-hydroxylation sites is 1. The molecule has 1 aliphatic heterocycles. The summed E-state index contributed by atoms with van der Waals surface area (Å²) in [5.41, 5.74) is 2.73. The smallest absolute Gasteiger partial charge is 0.318 e. The van der Waals surface area contributed by atoms with Crippen molar-refractivity contribution in [2.75, 3.05) is 26.3 Å². The zero-order chi connectivity index (χ0) is 21.3. The van der Waals surface area contributed by atoms with Crippen molar-refractivity contribution >= 4 is 6.03 Å². The van der Waals surface area contributed by atoms with E-state index in [9.17, 15) is 9.18 Å². The van der Waals surface area contributed by atoms with Crippen molar-refractivity contribution in [1.29, 1.82) is 5.26 Å². The number of morpholine rings is 1. The van der Waals surface area contributed by atoms with Crippen LogP contribution in [0.4, 0.5) is 9.18 Å². The third-order valence-electron chi connectivity index (χ3n) is 6.18. The van der Waals surface area contributed by atoms with Crippen LogP contribution >= 0.6 is 0 Å². The molecule has 0 radical (unpaired) electrons. The van der Waals surface area contributed by atoms with E-state index in [1.54, 1.807) is 27.8 Å². The molecule has 2 fully saturated rings. The summed E-state index contributed by atoms with van der Waals surface area (Å²) in [5.74, 6) is -0.351. The molecule has 30 heavy (non-hydrogen) atoms. The van der Waals surface area contributed by atoms with E-state index in [0.29, 0.717) is 38.4 Å². The van der Waals surface area contributed by atoms with Crippen LogP contribution in [0, 0.1) is 36.4 Å². The Morgan fingerprint density at radius 1 is 1.40 bits per heavy atom. The summed E-state index contributed by atoms with van der Waals surface area (Å²) in [7, 11) is 0. The lowest BCUT2D eigenvalue weighted by atomic mass is 10.0. The van der Waals surface area contributed by atoms with E-state index >= 15 is 0 Å². The molecule has 1 saturated carbocycles. The second-order valence-corrected chi connectivity index (χ2v) is 8.23. The van der Waals surface area contributed by atoms with E-state index < -0.39 is 0 Å². The molecule has 1 unspecified atom stereocenters. The van der Waals surface area contributed by atoms with E-state index in [0.717, 1.165) is 29.8 Å². The van der Waals surface area contributed by atoms with Crippen molar-refractivity contribution in [3.63, 3.8) is 0 Å². The Morgan fingerprint density at radius 3 is 2.87 bits per heavy atom. The lowest BCUT2D eigenvalue weighted by molar-refractivity contribution is 0.0110. The van der Waals surface area contributed by atoms with Gasteiger partial charge in [-0.3, -0.25) is 0 Å². The van der Waals surface area contributed by atoms with Crippen molar-refractivity contribution in [1.82, 2.24) is 20.0 Å². The molecule has 1 aliphatic carbocycles. The number of amides is 2. The van der Waals surface area contributed by atoms with E-state index in [1.807, 2.05) is 13.8 Å². The molecule has 1 atom stereocenters. The number of nitrogens with zero attached hydrogens (tertiary/aromatic N) is 4. The van der Waals surface area contributed by atoms with Gasteiger partial charge in [0.2, 0.25) is 0 Å². The van der Waals surface area contributed by atoms with Gasteiger partial charge < -0.3 is 15.0 Å². The van der Waals surface area contributed by atoms with Crippen LogP contribution in [0.1, 0.15) is 42.3 Å². The molecule has 0 spiro atoms. The molecule has 2 amide bonds. The molecule has 8 heteroatoms. The number of halogens is 1. The average Bonchev–Trinajstić information content (AvgIpc) is 3.44. The maximum Gasteiger partial charge on any atom is 0.318 e. The fraction of sp³-hybridized carbons (Fsp3) is 0.500. The number of urea groups is 1. The summed E-state index contributed by atoms with van der Waals surface area (Å²) < 4.78 is 21.6. The predicted octanol–water partition coefficient (Wildman–Crippen LogP) is 3.41. The second-order valence-electron chi connectivity index (χ2n) is 8.23. The third-order valence-corrected chi connectivity index (χ3v) is 6.18. The maximum atomic E-state index is 14.3.